The van der Waals surface area contributed by atoms with E-state index in [1.165, 1.54) is 12.7 Å². The van der Waals surface area contributed by atoms with E-state index < -0.39 is 6.09 Å². The first-order chi connectivity index (χ1) is 14.7. The molecule has 168 valence electrons. The molecule has 8 heteroatoms. The molecule has 1 saturated heterocycles. The smallest absolute Gasteiger partial charge is 0.411 e. The molecule has 1 aliphatic heterocycles. The van der Waals surface area contributed by atoms with Crippen molar-refractivity contribution in [1.82, 2.24) is 10.2 Å². The van der Waals surface area contributed by atoms with Crippen LogP contribution in [0, 0.1) is 5.92 Å². The number of halogens is 1. The zero-order chi connectivity index (χ0) is 21.2. The van der Waals surface area contributed by atoms with Crippen LogP contribution >= 0.6 is 24.0 Å². The van der Waals surface area contributed by atoms with E-state index in [0.717, 1.165) is 37.6 Å². The molecule has 2 aromatic carbocycles. The molecular weight excluding hydrogens is 507 g/mol. The standard InChI is InChI=1S/C23H30N4O3.HI/c1-24-22(25-14-18-8-10-21(11-9-18)26-23(28)29-2)27-13-12-20(15-27)17-30-16-19-6-4-3-5-7-19;/h3-11,20H,12-17H2,1-2H3,(H,24,25)(H,26,28);1H. The molecule has 0 spiro atoms. The number of benzene rings is 2. The SMILES string of the molecule is CN=C(NCc1ccc(NC(=O)OC)cc1)N1CCC(COCc2ccccc2)C1.I. The topological polar surface area (TPSA) is 75.2 Å². The summed E-state index contributed by atoms with van der Waals surface area (Å²) in [6, 6.07) is 17.9. The van der Waals surface area contributed by atoms with Gasteiger partial charge in [-0.1, -0.05) is 42.5 Å². The van der Waals surface area contributed by atoms with Crippen molar-refractivity contribution >= 4 is 41.7 Å². The summed E-state index contributed by atoms with van der Waals surface area (Å²) in [5, 5.41) is 6.07. The number of anilines is 1. The van der Waals surface area contributed by atoms with E-state index >= 15 is 0 Å². The summed E-state index contributed by atoms with van der Waals surface area (Å²) in [5.74, 6) is 1.41. The highest BCUT2D eigenvalue weighted by atomic mass is 127. The molecule has 1 unspecified atom stereocenters. The van der Waals surface area contributed by atoms with Crippen LogP contribution in [0.25, 0.3) is 0 Å². The van der Waals surface area contributed by atoms with Gasteiger partial charge in [-0.15, -0.1) is 24.0 Å². The summed E-state index contributed by atoms with van der Waals surface area (Å²) in [5.41, 5.74) is 3.01. The van der Waals surface area contributed by atoms with E-state index in [9.17, 15) is 4.79 Å². The number of amides is 1. The van der Waals surface area contributed by atoms with Crippen molar-refractivity contribution in [3.63, 3.8) is 0 Å². The highest BCUT2D eigenvalue weighted by molar-refractivity contribution is 14.0. The van der Waals surface area contributed by atoms with Crippen LogP contribution in [0.5, 0.6) is 0 Å². The van der Waals surface area contributed by atoms with E-state index in [2.05, 4.69) is 37.4 Å². The third-order valence-electron chi connectivity index (χ3n) is 5.10. The van der Waals surface area contributed by atoms with E-state index in [1.54, 1.807) is 0 Å². The molecule has 0 saturated carbocycles. The normalized spacial score (nSPS) is 15.9. The quantitative estimate of drug-likeness (QED) is 0.316. The predicted molar refractivity (Wildman–Crippen MR) is 134 cm³/mol. The average Bonchev–Trinajstić information content (AvgIpc) is 3.24. The summed E-state index contributed by atoms with van der Waals surface area (Å²) in [6.07, 6.45) is 0.626. The molecule has 7 nitrogen and oxygen atoms in total. The van der Waals surface area contributed by atoms with Gasteiger partial charge in [0.1, 0.15) is 0 Å². The summed E-state index contributed by atoms with van der Waals surface area (Å²) < 4.78 is 10.5. The maximum atomic E-state index is 11.3. The molecule has 31 heavy (non-hydrogen) atoms. The molecule has 1 fully saturated rings. The third kappa shape index (κ3) is 8.02. The van der Waals surface area contributed by atoms with E-state index in [1.807, 2.05) is 49.5 Å². The van der Waals surface area contributed by atoms with Crippen LogP contribution in [0.2, 0.25) is 0 Å². The number of carbonyl (C=O) groups is 1. The first kappa shape index (κ1) is 24.9. The molecule has 0 aliphatic carbocycles. The number of ether oxygens (including phenoxy) is 2. The highest BCUT2D eigenvalue weighted by Gasteiger charge is 2.24. The Morgan fingerprint density at radius 2 is 1.87 bits per heavy atom. The van der Waals surface area contributed by atoms with Crippen molar-refractivity contribution in [2.45, 2.75) is 19.6 Å². The van der Waals surface area contributed by atoms with E-state index in [0.29, 0.717) is 24.8 Å². The fourth-order valence-corrected chi connectivity index (χ4v) is 3.47. The zero-order valence-corrected chi connectivity index (χ0v) is 20.4. The molecule has 1 amide bonds. The van der Waals surface area contributed by atoms with Crippen molar-refractivity contribution < 1.29 is 14.3 Å². The van der Waals surface area contributed by atoms with Crippen molar-refractivity contribution in [3.05, 3.63) is 65.7 Å². The van der Waals surface area contributed by atoms with Crippen LogP contribution < -0.4 is 10.6 Å². The van der Waals surface area contributed by atoms with E-state index in [4.69, 9.17) is 4.74 Å². The minimum atomic E-state index is -0.474. The first-order valence-electron chi connectivity index (χ1n) is 10.2. The molecule has 0 radical (unpaired) electrons. The van der Waals surface area contributed by atoms with Crippen molar-refractivity contribution in [2.24, 2.45) is 10.9 Å². The molecule has 3 rings (SSSR count). The van der Waals surface area contributed by atoms with Gasteiger partial charge in [0, 0.05) is 38.3 Å². The number of carbonyl (C=O) groups excluding carboxylic acids is 1. The number of aliphatic imine (C=N–C) groups is 1. The number of likely N-dealkylation sites (tertiary alicyclic amines) is 1. The maximum Gasteiger partial charge on any atom is 0.411 e. The van der Waals surface area contributed by atoms with Gasteiger partial charge in [0.2, 0.25) is 0 Å². The van der Waals surface area contributed by atoms with Crippen LogP contribution in [-0.4, -0.2) is 50.8 Å². The van der Waals surface area contributed by atoms with Gasteiger partial charge < -0.3 is 19.7 Å². The van der Waals surface area contributed by atoms with Crippen LogP contribution in [-0.2, 0) is 22.6 Å². The summed E-state index contributed by atoms with van der Waals surface area (Å²) in [7, 11) is 3.16. The Bertz CT molecular complexity index is 830. The lowest BCUT2D eigenvalue weighted by Crippen LogP contribution is -2.39. The Kier molecular flexibility index (Phi) is 10.6. The predicted octanol–water partition coefficient (Wildman–Crippen LogP) is 4.10. The lowest BCUT2D eigenvalue weighted by atomic mass is 10.1. The van der Waals surface area contributed by atoms with Crippen LogP contribution in [0.4, 0.5) is 10.5 Å². The molecule has 0 bridgehead atoms. The second-order valence-electron chi connectivity index (χ2n) is 7.32. The van der Waals surface area contributed by atoms with Gasteiger partial charge in [-0.3, -0.25) is 10.3 Å². The van der Waals surface area contributed by atoms with Crippen molar-refractivity contribution in [2.75, 3.05) is 39.2 Å². The molecule has 0 aromatic heterocycles. The Morgan fingerprint density at radius 1 is 1.13 bits per heavy atom. The summed E-state index contributed by atoms with van der Waals surface area (Å²) in [6.45, 7) is 4.00. The van der Waals surface area contributed by atoms with Gasteiger partial charge >= 0.3 is 6.09 Å². The Balaban J connectivity index is 0.00000341. The molecule has 1 aliphatic rings. The number of hydrogen-bond acceptors (Lipinski definition) is 4. The van der Waals surface area contributed by atoms with Crippen LogP contribution in [0.1, 0.15) is 17.5 Å². The van der Waals surface area contributed by atoms with Gasteiger partial charge in [-0.05, 0) is 29.7 Å². The van der Waals surface area contributed by atoms with Gasteiger partial charge in [-0.2, -0.15) is 0 Å². The monoisotopic (exact) mass is 538 g/mol. The number of hydrogen-bond donors (Lipinski definition) is 2. The van der Waals surface area contributed by atoms with Gasteiger partial charge in [0.05, 0.1) is 20.3 Å². The van der Waals surface area contributed by atoms with Gasteiger partial charge in [-0.25, -0.2) is 4.79 Å². The molecule has 1 heterocycles. The van der Waals surface area contributed by atoms with Crippen LogP contribution in [0.15, 0.2) is 59.6 Å². The fourth-order valence-electron chi connectivity index (χ4n) is 3.47. The lowest BCUT2D eigenvalue weighted by molar-refractivity contribution is 0.0906. The van der Waals surface area contributed by atoms with Gasteiger partial charge in [0.15, 0.2) is 5.96 Å². The lowest BCUT2D eigenvalue weighted by Gasteiger charge is -2.22. The average molecular weight is 538 g/mol. The number of nitrogens with zero attached hydrogens (tertiary/aromatic N) is 2. The van der Waals surface area contributed by atoms with Gasteiger partial charge in [0.25, 0.3) is 0 Å². The number of rotatable bonds is 7. The first-order valence-corrected chi connectivity index (χ1v) is 10.2. The number of guanidine groups is 1. The molecule has 1 atom stereocenters. The maximum absolute atomic E-state index is 11.3. The Hall–Kier alpha value is -2.33. The van der Waals surface area contributed by atoms with Crippen molar-refractivity contribution in [1.29, 1.82) is 0 Å². The third-order valence-corrected chi connectivity index (χ3v) is 5.10. The Labute approximate surface area is 201 Å². The molecule has 2 N–H and O–H groups in total. The Morgan fingerprint density at radius 3 is 2.55 bits per heavy atom. The summed E-state index contributed by atoms with van der Waals surface area (Å²) in [4.78, 5) is 18.0. The number of nitrogens with one attached hydrogen (secondary N) is 2. The minimum Gasteiger partial charge on any atom is -0.453 e. The molecular formula is C23H31IN4O3. The second kappa shape index (κ2) is 13.2. The summed E-state index contributed by atoms with van der Waals surface area (Å²) >= 11 is 0. The molecule has 2 aromatic rings. The van der Waals surface area contributed by atoms with Crippen LogP contribution in [0.3, 0.4) is 0 Å². The number of methoxy groups -OCH3 is 1. The second-order valence-corrected chi connectivity index (χ2v) is 7.32. The van der Waals surface area contributed by atoms with Crippen molar-refractivity contribution in [3.8, 4) is 0 Å². The zero-order valence-electron chi connectivity index (χ0n) is 18.0. The van der Waals surface area contributed by atoms with E-state index in [-0.39, 0.29) is 24.0 Å². The highest BCUT2D eigenvalue weighted by Crippen LogP contribution is 2.18. The minimum absolute atomic E-state index is 0. The fraction of sp³-hybridized carbons (Fsp3) is 0.391. The largest absolute Gasteiger partial charge is 0.453 e.